The predicted molar refractivity (Wildman–Crippen MR) is 159 cm³/mol. The highest BCUT2D eigenvalue weighted by atomic mass is 35.5. The predicted octanol–water partition coefficient (Wildman–Crippen LogP) is 6.10. The van der Waals surface area contributed by atoms with Crippen molar-refractivity contribution in [2.75, 3.05) is 10.2 Å². The molecule has 3 heterocycles. The van der Waals surface area contributed by atoms with Crippen molar-refractivity contribution in [1.82, 2.24) is 0 Å². The van der Waals surface area contributed by atoms with Gasteiger partial charge in [-0.3, -0.25) is 24.5 Å². The van der Waals surface area contributed by atoms with E-state index in [1.807, 2.05) is 41.3 Å². The van der Waals surface area contributed by atoms with Crippen LogP contribution in [0.1, 0.15) is 31.8 Å². The highest BCUT2D eigenvalue weighted by molar-refractivity contribution is 6.34. The molecule has 0 bridgehead atoms. The highest BCUT2D eigenvalue weighted by Gasteiger charge is 2.70. The molecule has 0 saturated carbocycles. The standard InChI is InChI=1S/C33H22ClN3O5/c34-24-13-4-2-11-22(24)31(39)29-28(30(38)20-9-7-10-21(18-20)37(41)42)33(23-12-3-5-14-25(23)35-32(33)40)27-17-16-19-8-1-6-15-26(19)36(27)29/h1-18,27-29H,(H,35,40)/t27-,28-,29+,33-/m1/s1. The minimum atomic E-state index is -1.52. The van der Waals surface area contributed by atoms with E-state index in [0.29, 0.717) is 16.9 Å². The topological polar surface area (TPSA) is 110 Å². The normalized spacial score (nSPS) is 23.2. The van der Waals surface area contributed by atoms with Crippen molar-refractivity contribution < 1.29 is 19.3 Å². The van der Waals surface area contributed by atoms with Crippen molar-refractivity contribution in [3.8, 4) is 0 Å². The van der Waals surface area contributed by atoms with Crippen LogP contribution < -0.4 is 10.2 Å². The van der Waals surface area contributed by atoms with E-state index in [0.717, 1.165) is 5.56 Å². The van der Waals surface area contributed by atoms with Crippen molar-refractivity contribution in [1.29, 1.82) is 0 Å². The number of ketones is 2. The van der Waals surface area contributed by atoms with Gasteiger partial charge in [-0.25, -0.2) is 0 Å². The molecule has 1 spiro atoms. The minimum Gasteiger partial charge on any atom is -0.352 e. The Morgan fingerprint density at radius 2 is 1.64 bits per heavy atom. The van der Waals surface area contributed by atoms with Gasteiger partial charge in [0, 0.05) is 34.6 Å². The number of anilines is 2. The van der Waals surface area contributed by atoms with Crippen molar-refractivity contribution in [3.63, 3.8) is 0 Å². The van der Waals surface area contributed by atoms with Gasteiger partial charge in [-0.1, -0.05) is 84.4 Å². The second kappa shape index (κ2) is 9.49. The average molecular weight is 576 g/mol. The SMILES string of the molecule is O=C(c1ccccc1Cl)[C@@H]1[C@H](C(=O)c2cccc([N+](=O)[O-])c2)[C@]2(C(=O)Nc3ccccc32)[C@H]2C=Cc3ccccc3N12. The number of halogens is 1. The number of nitro benzene ring substituents is 1. The Morgan fingerprint density at radius 3 is 2.45 bits per heavy atom. The third-order valence-corrected chi connectivity index (χ3v) is 8.90. The molecule has 0 unspecified atom stereocenters. The molecular weight excluding hydrogens is 554 g/mol. The Kier molecular flexibility index (Phi) is 5.85. The van der Waals surface area contributed by atoms with Gasteiger partial charge in [0.25, 0.3) is 5.69 Å². The molecule has 1 amide bonds. The molecule has 3 aliphatic rings. The van der Waals surface area contributed by atoms with Crippen LogP contribution in [-0.4, -0.2) is 34.5 Å². The summed E-state index contributed by atoms with van der Waals surface area (Å²) in [6.45, 7) is 0. The second-order valence-electron chi connectivity index (χ2n) is 10.6. The molecule has 7 rings (SSSR count). The highest BCUT2D eigenvalue weighted by Crippen LogP contribution is 2.58. The molecule has 0 aromatic heterocycles. The number of carbonyl (C=O) groups excluding carboxylic acids is 3. The zero-order valence-electron chi connectivity index (χ0n) is 21.9. The third kappa shape index (κ3) is 3.51. The molecule has 0 aliphatic carbocycles. The van der Waals surface area contributed by atoms with E-state index in [2.05, 4.69) is 5.32 Å². The number of rotatable bonds is 5. The largest absolute Gasteiger partial charge is 0.352 e. The molecule has 1 N–H and O–H groups in total. The monoisotopic (exact) mass is 575 g/mol. The Balaban J connectivity index is 1.55. The number of nitrogens with one attached hydrogen (secondary N) is 1. The minimum absolute atomic E-state index is 0.0415. The number of amides is 1. The quantitative estimate of drug-likeness (QED) is 0.175. The van der Waals surface area contributed by atoms with Gasteiger partial charge in [0.2, 0.25) is 5.91 Å². The second-order valence-corrected chi connectivity index (χ2v) is 11.0. The van der Waals surface area contributed by atoms with Gasteiger partial charge < -0.3 is 10.2 Å². The summed E-state index contributed by atoms with van der Waals surface area (Å²) in [5, 5.41) is 14.8. The van der Waals surface area contributed by atoms with Crippen LogP contribution in [0.4, 0.5) is 17.1 Å². The van der Waals surface area contributed by atoms with Gasteiger partial charge in [-0.15, -0.1) is 0 Å². The van der Waals surface area contributed by atoms with E-state index in [1.165, 1.54) is 24.3 Å². The lowest BCUT2D eigenvalue weighted by Gasteiger charge is -2.37. The molecule has 4 atom stereocenters. The first-order chi connectivity index (χ1) is 20.3. The van der Waals surface area contributed by atoms with Crippen LogP contribution in [0.25, 0.3) is 6.08 Å². The Bertz CT molecular complexity index is 1870. The molecule has 8 nitrogen and oxygen atoms in total. The number of fused-ring (bicyclic) bond motifs is 6. The van der Waals surface area contributed by atoms with E-state index in [-0.39, 0.29) is 21.8 Å². The summed E-state index contributed by atoms with van der Waals surface area (Å²) in [6.07, 6.45) is 3.78. The fraction of sp³-hybridized carbons (Fsp3) is 0.121. The number of carbonyl (C=O) groups is 3. The first-order valence-electron chi connectivity index (χ1n) is 13.4. The zero-order valence-corrected chi connectivity index (χ0v) is 22.7. The lowest BCUT2D eigenvalue weighted by molar-refractivity contribution is -0.384. The molecule has 206 valence electrons. The average Bonchev–Trinajstić information content (AvgIpc) is 3.49. The first-order valence-corrected chi connectivity index (χ1v) is 13.8. The van der Waals surface area contributed by atoms with Crippen LogP contribution in [0, 0.1) is 16.0 Å². The maximum absolute atomic E-state index is 14.8. The Labute approximate surface area is 245 Å². The van der Waals surface area contributed by atoms with E-state index in [9.17, 15) is 24.5 Å². The molecule has 1 fully saturated rings. The number of para-hydroxylation sites is 2. The van der Waals surface area contributed by atoms with Crippen LogP contribution in [-0.2, 0) is 10.2 Å². The number of nitro groups is 1. The van der Waals surface area contributed by atoms with Crippen LogP contribution in [0.15, 0.2) is 103 Å². The number of hydrogen-bond donors (Lipinski definition) is 1. The molecule has 42 heavy (non-hydrogen) atoms. The lowest BCUT2D eigenvalue weighted by atomic mass is 9.64. The molecule has 4 aromatic rings. The van der Waals surface area contributed by atoms with Crippen molar-refractivity contribution >= 4 is 52.2 Å². The summed E-state index contributed by atoms with van der Waals surface area (Å²) >= 11 is 6.54. The molecule has 1 saturated heterocycles. The van der Waals surface area contributed by atoms with Crippen molar-refractivity contribution in [3.05, 3.63) is 141 Å². The molecule has 0 radical (unpaired) electrons. The van der Waals surface area contributed by atoms with E-state index < -0.39 is 45.8 Å². The Morgan fingerprint density at radius 1 is 0.905 bits per heavy atom. The fourth-order valence-corrected chi connectivity index (χ4v) is 7.12. The third-order valence-electron chi connectivity index (χ3n) is 8.57. The molecular formula is C33H22ClN3O5. The van der Waals surface area contributed by atoms with E-state index >= 15 is 0 Å². The first kappa shape index (κ1) is 25.9. The van der Waals surface area contributed by atoms with Gasteiger partial charge in [0.05, 0.1) is 21.9 Å². The summed E-state index contributed by atoms with van der Waals surface area (Å²) in [5.74, 6) is -2.64. The Hall–Kier alpha value is -5.08. The van der Waals surface area contributed by atoms with Crippen molar-refractivity contribution in [2.24, 2.45) is 5.92 Å². The van der Waals surface area contributed by atoms with Crippen LogP contribution in [0.2, 0.25) is 5.02 Å². The maximum Gasteiger partial charge on any atom is 0.270 e. The van der Waals surface area contributed by atoms with E-state index in [4.69, 9.17) is 11.6 Å². The molecule has 9 heteroatoms. The van der Waals surface area contributed by atoms with Crippen LogP contribution in [0.5, 0.6) is 0 Å². The number of Topliss-reactive ketones (excluding diaryl/α,β-unsaturated/α-hetero) is 2. The summed E-state index contributed by atoms with van der Waals surface area (Å²) in [5.41, 5.74) is 1.14. The summed E-state index contributed by atoms with van der Waals surface area (Å²) in [4.78, 5) is 56.7. The summed E-state index contributed by atoms with van der Waals surface area (Å²) in [7, 11) is 0. The number of nitrogens with zero attached hydrogens (tertiary/aromatic N) is 2. The van der Waals surface area contributed by atoms with Crippen LogP contribution >= 0.6 is 11.6 Å². The fourth-order valence-electron chi connectivity index (χ4n) is 6.89. The van der Waals surface area contributed by atoms with Crippen LogP contribution in [0.3, 0.4) is 0 Å². The lowest BCUT2D eigenvalue weighted by Crippen LogP contribution is -2.51. The molecule has 3 aliphatic heterocycles. The number of non-ortho nitro benzene ring substituents is 1. The van der Waals surface area contributed by atoms with Crippen molar-refractivity contribution in [2.45, 2.75) is 17.5 Å². The zero-order chi connectivity index (χ0) is 29.2. The van der Waals surface area contributed by atoms with Gasteiger partial charge in [0.15, 0.2) is 11.6 Å². The smallest absolute Gasteiger partial charge is 0.270 e. The summed E-state index contributed by atoms with van der Waals surface area (Å²) in [6, 6.07) is 24.8. The molecule has 4 aromatic carbocycles. The maximum atomic E-state index is 14.8. The van der Waals surface area contributed by atoms with Gasteiger partial charge >= 0.3 is 0 Å². The number of hydrogen-bond acceptors (Lipinski definition) is 6. The summed E-state index contributed by atoms with van der Waals surface area (Å²) < 4.78 is 0. The van der Waals surface area contributed by atoms with Gasteiger partial charge in [0.1, 0.15) is 11.5 Å². The van der Waals surface area contributed by atoms with Gasteiger partial charge in [-0.2, -0.15) is 0 Å². The van der Waals surface area contributed by atoms with Gasteiger partial charge in [-0.05, 0) is 35.4 Å². The van der Waals surface area contributed by atoms with E-state index in [1.54, 1.807) is 48.5 Å². The number of benzene rings is 4.